The maximum absolute atomic E-state index is 10.6. The van der Waals surface area contributed by atoms with Gasteiger partial charge in [-0.15, -0.1) is 0 Å². The summed E-state index contributed by atoms with van der Waals surface area (Å²) in [5.41, 5.74) is 5.57. The maximum atomic E-state index is 10.6. The number of hydrogen-bond acceptors (Lipinski definition) is 5. The third-order valence-corrected chi connectivity index (χ3v) is 3.73. The summed E-state index contributed by atoms with van der Waals surface area (Å²) in [7, 11) is -0.463. The highest BCUT2D eigenvalue weighted by Crippen LogP contribution is 2.36. The minimum atomic E-state index is -0.826. The van der Waals surface area contributed by atoms with Crippen molar-refractivity contribution in [3.05, 3.63) is 24.0 Å². The highest BCUT2D eigenvalue weighted by molar-refractivity contribution is 6.62. The van der Waals surface area contributed by atoms with E-state index in [4.69, 9.17) is 19.8 Å². The summed E-state index contributed by atoms with van der Waals surface area (Å²) >= 11 is 0. The molecule has 1 saturated heterocycles. The average Bonchev–Trinajstić information content (AvgIpc) is 2.56. The van der Waals surface area contributed by atoms with E-state index in [2.05, 4.69) is 4.98 Å². The molecule has 1 fully saturated rings. The Bertz CT molecular complexity index is 503. The summed E-state index contributed by atoms with van der Waals surface area (Å²) in [5.74, 6) is 0. The number of nitrogens with zero attached hydrogens (tertiary/aromatic N) is 1. The Kier molecular flexibility index (Phi) is 3.75. The molecule has 0 atom stereocenters. The van der Waals surface area contributed by atoms with Crippen molar-refractivity contribution in [1.82, 2.24) is 4.98 Å². The molecule has 0 saturated carbocycles. The third kappa shape index (κ3) is 2.94. The molecule has 1 aliphatic rings. The second-order valence-corrected chi connectivity index (χ2v) is 5.78. The van der Waals surface area contributed by atoms with Crippen molar-refractivity contribution < 1.29 is 18.8 Å². The van der Waals surface area contributed by atoms with E-state index in [1.54, 1.807) is 12.3 Å². The van der Waals surface area contributed by atoms with Gasteiger partial charge in [-0.3, -0.25) is 4.98 Å². The SMILES string of the molecule is CC1(C)OB(c2ccnc(COC(N)=O)c2)OC1(C)C. The molecule has 6 nitrogen and oxygen atoms in total. The van der Waals surface area contributed by atoms with Crippen LogP contribution in [0.2, 0.25) is 0 Å². The second kappa shape index (κ2) is 5.07. The Morgan fingerprint density at radius 2 is 1.95 bits per heavy atom. The predicted molar refractivity (Wildman–Crippen MR) is 74.3 cm³/mol. The number of nitrogens with two attached hydrogens (primary N) is 1. The van der Waals surface area contributed by atoms with Crippen molar-refractivity contribution >= 4 is 18.7 Å². The molecule has 2 rings (SSSR count). The lowest BCUT2D eigenvalue weighted by Crippen LogP contribution is -2.41. The van der Waals surface area contributed by atoms with E-state index in [-0.39, 0.29) is 6.61 Å². The van der Waals surface area contributed by atoms with Crippen molar-refractivity contribution in [3.8, 4) is 0 Å². The van der Waals surface area contributed by atoms with Crippen LogP contribution in [-0.2, 0) is 20.7 Å². The largest absolute Gasteiger partial charge is 0.494 e. The zero-order chi connectivity index (χ0) is 15.0. The Morgan fingerprint density at radius 3 is 2.50 bits per heavy atom. The van der Waals surface area contributed by atoms with Gasteiger partial charge in [0.05, 0.1) is 16.9 Å². The fourth-order valence-corrected chi connectivity index (χ4v) is 1.85. The van der Waals surface area contributed by atoms with Crippen LogP contribution >= 0.6 is 0 Å². The Hall–Kier alpha value is -1.60. The molecule has 2 heterocycles. The molecule has 2 N–H and O–H groups in total. The number of hydrogen-bond donors (Lipinski definition) is 1. The fourth-order valence-electron chi connectivity index (χ4n) is 1.85. The van der Waals surface area contributed by atoms with Crippen LogP contribution in [0.15, 0.2) is 18.3 Å². The number of rotatable bonds is 3. The van der Waals surface area contributed by atoms with Crippen LogP contribution in [0.4, 0.5) is 4.79 Å². The molecule has 1 aromatic rings. The van der Waals surface area contributed by atoms with Gasteiger partial charge in [0.15, 0.2) is 0 Å². The maximum Gasteiger partial charge on any atom is 0.494 e. The Morgan fingerprint density at radius 1 is 1.35 bits per heavy atom. The second-order valence-electron chi connectivity index (χ2n) is 5.78. The van der Waals surface area contributed by atoms with Crippen molar-refractivity contribution in [1.29, 1.82) is 0 Å². The zero-order valence-electron chi connectivity index (χ0n) is 12.2. The molecule has 0 bridgehead atoms. The first kappa shape index (κ1) is 14.8. The topological polar surface area (TPSA) is 83.7 Å². The number of amides is 1. The van der Waals surface area contributed by atoms with Gasteiger partial charge in [-0.25, -0.2) is 4.79 Å². The van der Waals surface area contributed by atoms with Gasteiger partial charge in [0.1, 0.15) is 6.61 Å². The highest BCUT2D eigenvalue weighted by Gasteiger charge is 2.51. The van der Waals surface area contributed by atoms with Gasteiger partial charge in [0.2, 0.25) is 0 Å². The first-order chi connectivity index (χ1) is 9.21. The molecule has 0 unspecified atom stereocenters. The molecular formula is C13H19BN2O4. The summed E-state index contributed by atoms with van der Waals surface area (Å²) < 4.78 is 16.6. The van der Waals surface area contributed by atoms with Crippen LogP contribution in [0, 0.1) is 0 Å². The zero-order valence-corrected chi connectivity index (χ0v) is 12.2. The first-order valence-corrected chi connectivity index (χ1v) is 6.44. The molecule has 0 radical (unpaired) electrons. The van der Waals surface area contributed by atoms with Crippen molar-refractivity contribution in [2.24, 2.45) is 5.73 Å². The van der Waals surface area contributed by atoms with Crippen LogP contribution < -0.4 is 11.2 Å². The normalized spacial score (nSPS) is 19.9. The van der Waals surface area contributed by atoms with Crippen LogP contribution in [0.25, 0.3) is 0 Å². The first-order valence-electron chi connectivity index (χ1n) is 6.44. The summed E-state index contributed by atoms with van der Waals surface area (Å²) in [6, 6.07) is 3.60. The smallest absolute Gasteiger partial charge is 0.443 e. The van der Waals surface area contributed by atoms with Gasteiger partial charge in [-0.1, -0.05) is 0 Å². The van der Waals surface area contributed by atoms with Crippen LogP contribution in [0.5, 0.6) is 0 Å². The standard InChI is InChI=1S/C13H19BN2O4/c1-12(2)13(3,4)20-14(19-12)9-5-6-16-10(7-9)8-18-11(15)17/h5-7H,8H2,1-4H3,(H2,15,17). The van der Waals surface area contributed by atoms with Gasteiger partial charge in [-0.2, -0.15) is 0 Å². The van der Waals surface area contributed by atoms with Crippen molar-refractivity contribution in [2.75, 3.05) is 0 Å². The number of primary amides is 1. The number of ether oxygens (including phenoxy) is 1. The molecule has 1 amide bonds. The summed E-state index contributed by atoms with van der Waals surface area (Å²) in [6.45, 7) is 8.00. The number of carbonyl (C=O) groups is 1. The van der Waals surface area contributed by atoms with Crippen molar-refractivity contribution in [2.45, 2.75) is 45.5 Å². The number of pyridine rings is 1. The average molecular weight is 278 g/mol. The van der Waals surface area contributed by atoms with E-state index in [9.17, 15) is 4.79 Å². The quantitative estimate of drug-likeness (QED) is 0.833. The molecule has 20 heavy (non-hydrogen) atoms. The van der Waals surface area contributed by atoms with Gasteiger partial charge >= 0.3 is 13.2 Å². The van der Waals surface area contributed by atoms with Crippen LogP contribution in [0.1, 0.15) is 33.4 Å². The van der Waals surface area contributed by atoms with Crippen LogP contribution in [0.3, 0.4) is 0 Å². The minimum Gasteiger partial charge on any atom is -0.443 e. The molecule has 0 spiro atoms. The minimum absolute atomic E-state index is 0.0304. The predicted octanol–water partition coefficient (Wildman–Crippen LogP) is 0.976. The monoisotopic (exact) mass is 278 g/mol. The van der Waals surface area contributed by atoms with Gasteiger partial charge in [0, 0.05) is 6.20 Å². The Balaban J connectivity index is 2.14. The highest BCUT2D eigenvalue weighted by atomic mass is 16.7. The lowest BCUT2D eigenvalue weighted by Gasteiger charge is -2.32. The number of carbonyl (C=O) groups excluding carboxylic acids is 1. The van der Waals surface area contributed by atoms with Gasteiger partial charge in [-0.05, 0) is 45.3 Å². The lowest BCUT2D eigenvalue weighted by molar-refractivity contribution is 0.00578. The number of aromatic nitrogens is 1. The van der Waals surface area contributed by atoms with E-state index in [0.717, 1.165) is 5.46 Å². The molecule has 1 aliphatic heterocycles. The lowest BCUT2D eigenvalue weighted by atomic mass is 9.79. The molecular weight excluding hydrogens is 259 g/mol. The van der Waals surface area contributed by atoms with E-state index in [1.807, 2.05) is 33.8 Å². The van der Waals surface area contributed by atoms with E-state index in [1.165, 1.54) is 0 Å². The Labute approximate surface area is 118 Å². The summed E-state index contributed by atoms with van der Waals surface area (Å²) in [6.07, 6.45) is 0.799. The molecule has 108 valence electrons. The van der Waals surface area contributed by atoms with E-state index < -0.39 is 24.4 Å². The van der Waals surface area contributed by atoms with Gasteiger partial charge in [0.25, 0.3) is 0 Å². The molecule has 0 aliphatic carbocycles. The van der Waals surface area contributed by atoms with E-state index >= 15 is 0 Å². The molecule has 0 aromatic carbocycles. The third-order valence-electron chi connectivity index (χ3n) is 3.73. The van der Waals surface area contributed by atoms with E-state index in [0.29, 0.717) is 5.69 Å². The van der Waals surface area contributed by atoms with Crippen molar-refractivity contribution in [3.63, 3.8) is 0 Å². The fraction of sp³-hybridized carbons (Fsp3) is 0.538. The summed E-state index contributed by atoms with van der Waals surface area (Å²) in [4.78, 5) is 14.7. The molecule has 1 aromatic heterocycles. The van der Waals surface area contributed by atoms with Gasteiger partial charge < -0.3 is 19.8 Å². The summed E-state index contributed by atoms with van der Waals surface area (Å²) in [5, 5.41) is 0. The van der Waals surface area contributed by atoms with Crippen LogP contribution in [-0.4, -0.2) is 29.4 Å². The molecule has 7 heteroatoms.